The van der Waals surface area contributed by atoms with Crippen LogP contribution in [0.15, 0.2) is 101 Å². The van der Waals surface area contributed by atoms with Gasteiger partial charge in [0.1, 0.15) is 17.6 Å². The zero-order chi connectivity index (χ0) is 20.1. The predicted molar refractivity (Wildman–Crippen MR) is 110 cm³/mol. The maximum Gasteiger partial charge on any atom is 0.123 e. The Balaban J connectivity index is 1.90. The maximum absolute atomic E-state index is 13.4. The quantitative estimate of drug-likeness (QED) is 0.365. The van der Waals surface area contributed by atoms with Gasteiger partial charge in [-0.25, -0.2) is 9.37 Å². The predicted octanol–water partition coefficient (Wildman–Crippen LogP) is 6.84. The summed E-state index contributed by atoms with van der Waals surface area (Å²) in [5.41, 5.74) is 4.10. The summed E-state index contributed by atoms with van der Waals surface area (Å²) >= 11 is 0. The van der Waals surface area contributed by atoms with E-state index in [0.717, 1.165) is 5.56 Å². The number of rotatable bonds is 4. The molecule has 0 saturated heterocycles. The van der Waals surface area contributed by atoms with Crippen LogP contribution in [0, 0.1) is 17.1 Å². The fraction of sp³-hybridized carbons (Fsp3) is 0. The third-order valence-corrected chi connectivity index (χ3v) is 4.32. The summed E-state index contributed by atoms with van der Waals surface area (Å²) in [6, 6.07) is 28.6. The minimum atomic E-state index is -0.335. The second-order valence-corrected chi connectivity index (χ2v) is 6.27. The highest BCUT2D eigenvalue weighted by Crippen LogP contribution is 2.35. The third kappa shape index (κ3) is 4.07. The highest BCUT2D eigenvalue weighted by Gasteiger charge is 2.15. The Morgan fingerprint density at radius 2 is 1.34 bits per heavy atom. The van der Waals surface area contributed by atoms with E-state index in [4.69, 9.17) is 4.98 Å². The second-order valence-electron chi connectivity index (χ2n) is 6.27. The van der Waals surface area contributed by atoms with Gasteiger partial charge < -0.3 is 0 Å². The number of pyridine rings is 1. The van der Waals surface area contributed by atoms with E-state index in [0.29, 0.717) is 33.9 Å². The van der Waals surface area contributed by atoms with Gasteiger partial charge in [-0.05, 0) is 42.5 Å². The van der Waals surface area contributed by atoms with Crippen LogP contribution in [-0.4, -0.2) is 4.98 Å². The first-order chi connectivity index (χ1) is 14.2. The molecule has 0 atom stereocenters. The summed E-state index contributed by atoms with van der Waals surface area (Å²) in [6.45, 7) is 0. The van der Waals surface area contributed by atoms with Crippen LogP contribution < -0.4 is 0 Å². The highest BCUT2D eigenvalue weighted by molar-refractivity contribution is 5.79. The van der Waals surface area contributed by atoms with E-state index in [9.17, 15) is 9.65 Å². The summed E-state index contributed by atoms with van der Waals surface area (Å²) in [5.74, 6) is -0.335. The first kappa shape index (κ1) is 18.2. The Morgan fingerprint density at radius 3 is 2.00 bits per heavy atom. The van der Waals surface area contributed by atoms with Crippen molar-refractivity contribution >= 4 is 11.4 Å². The van der Waals surface area contributed by atoms with Gasteiger partial charge in [0.15, 0.2) is 0 Å². The maximum atomic E-state index is 13.4. The minimum Gasteiger partial charge on any atom is -0.244 e. The van der Waals surface area contributed by atoms with E-state index in [-0.39, 0.29) is 5.82 Å². The SMILES string of the molecule is N#Cc1cc(N=Nc2ccccc2)c(-c2ccc(F)cc2)nc1-c1ccccc1. The van der Waals surface area contributed by atoms with Gasteiger partial charge in [0.2, 0.25) is 0 Å². The molecule has 0 spiro atoms. The van der Waals surface area contributed by atoms with E-state index >= 15 is 0 Å². The zero-order valence-electron chi connectivity index (χ0n) is 15.3. The molecule has 0 amide bonds. The Labute approximate surface area is 167 Å². The molecule has 0 radical (unpaired) electrons. The van der Waals surface area contributed by atoms with Gasteiger partial charge >= 0.3 is 0 Å². The fourth-order valence-electron chi connectivity index (χ4n) is 2.91. The summed E-state index contributed by atoms with van der Waals surface area (Å²) in [4.78, 5) is 4.73. The van der Waals surface area contributed by atoms with Crippen molar-refractivity contribution in [2.45, 2.75) is 0 Å². The van der Waals surface area contributed by atoms with Crippen molar-refractivity contribution in [3.05, 3.63) is 102 Å². The second kappa shape index (κ2) is 8.24. The van der Waals surface area contributed by atoms with Crippen molar-refractivity contribution in [2.24, 2.45) is 10.2 Å². The molecule has 0 aliphatic heterocycles. The molecule has 4 nitrogen and oxygen atoms in total. The van der Waals surface area contributed by atoms with Crippen molar-refractivity contribution in [3.8, 4) is 28.6 Å². The van der Waals surface area contributed by atoms with Crippen molar-refractivity contribution < 1.29 is 4.39 Å². The van der Waals surface area contributed by atoms with Gasteiger partial charge in [0.25, 0.3) is 0 Å². The standard InChI is InChI=1S/C24H15FN4/c25-20-13-11-18(12-14-20)24-22(29-28-21-9-5-2-6-10-21)15-19(16-26)23(27-24)17-7-3-1-4-8-17/h1-15H. The topological polar surface area (TPSA) is 61.4 Å². The largest absolute Gasteiger partial charge is 0.244 e. The molecule has 0 aliphatic carbocycles. The molecule has 0 bridgehead atoms. The Hall–Kier alpha value is -4.17. The third-order valence-electron chi connectivity index (χ3n) is 4.32. The number of halogens is 1. The Morgan fingerprint density at radius 1 is 0.724 bits per heavy atom. The Bertz CT molecular complexity index is 1200. The molecule has 138 valence electrons. The van der Waals surface area contributed by atoms with Crippen LogP contribution in [0.4, 0.5) is 15.8 Å². The first-order valence-electron chi connectivity index (χ1n) is 8.98. The Kier molecular flexibility index (Phi) is 5.17. The number of benzene rings is 3. The number of hydrogen-bond donors (Lipinski definition) is 0. The van der Waals surface area contributed by atoms with E-state index in [1.54, 1.807) is 18.2 Å². The average molecular weight is 378 g/mol. The van der Waals surface area contributed by atoms with Crippen molar-refractivity contribution in [1.82, 2.24) is 4.98 Å². The van der Waals surface area contributed by atoms with Gasteiger partial charge in [-0.1, -0.05) is 48.5 Å². The lowest BCUT2D eigenvalue weighted by molar-refractivity contribution is 0.628. The zero-order valence-corrected chi connectivity index (χ0v) is 15.3. The monoisotopic (exact) mass is 378 g/mol. The summed E-state index contributed by atoms with van der Waals surface area (Å²) in [7, 11) is 0. The number of azo groups is 1. The van der Waals surface area contributed by atoms with Crippen LogP contribution in [0.2, 0.25) is 0 Å². The molecular formula is C24H15FN4. The molecule has 0 aliphatic rings. The molecule has 0 fully saturated rings. The van der Waals surface area contributed by atoms with Gasteiger partial charge in [-0.2, -0.15) is 10.4 Å². The average Bonchev–Trinajstić information content (AvgIpc) is 2.79. The number of hydrogen-bond acceptors (Lipinski definition) is 4. The lowest BCUT2D eigenvalue weighted by Gasteiger charge is -2.10. The normalized spacial score (nSPS) is 10.8. The van der Waals surface area contributed by atoms with Crippen molar-refractivity contribution in [3.63, 3.8) is 0 Å². The highest BCUT2D eigenvalue weighted by atomic mass is 19.1. The van der Waals surface area contributed by atoms with E-state index in [2.05, 4.69) is 16.3 Å². The van der Waals surface area contributed by atoms with Crippen LogP contribution in [0.25, 0.3) is 22.5 Å². The lowest BCUT2D eigenvalue weighted by atomic mass is 10.0. The van der Waals surface area contributed by atoms with E-state index in [1.807, 2.05) is 60.7 Å². The smallest absolute Gasteiger partial charge is 0.123 e. The van der Waals surface area contributed by atoms with Crippen LogP contribution in [-0.2, 0) is 0 Å². The van der Waals surface area contributed by atoms with Crippen LogP contribution in [0.3, 0.4) is 0 Å². The van der Waals surface area contributed by atoms with Crippen LogP contribution in [0.1, 0.15) is 5.56 Å². The van der Waals surface area contributed by atoms with E-state index < -0.39 is 0 Å². The van der Waals surface area contributed by atoms with Crippen LogP contribution >= 0.6 is 0 Å². The number of aromatic nitrogens is 1. The fourth-order valence-corrected chi connectivity index (χ4v) is 2.91. The summed E-state index contributed by atoms with van der Waals surface area (Å²) in [5, 5.41) is 18.3. The molecule has 29 heavy (non-hydrogen) atoms. The van der Waals surface area contributed by atoms with Crippen molar-refractivity contribution in [1.29, 1.82) is 5.26 Å². The molecule has 0 saturated carbocycles. The molecule has 1 heterocycles. The molecule has 0 N–H and O–H groups in total. The van der Waals surface area contributed by atoms with E-state index in [1.165, 1.54) is 12.1 Å². The minimum absolute atomic E-state index is 0.335. The molecule has 5 heteroatoms. The number of nitriles is 1. The molecule has 0 unspecified atom stereocenters. The molecule has 1 aromatic heterocycles. The van der Waals surface area contributed by atoms with Gasteiger partial charge in [-0.15, -0.1) is 5.11 Å². The summed E-state index contributed by atoms with van der Waals surface area (Å²) in [6.07, 6.45) is 0. The number of nitrogens with zero attached hydrogens (tertiary/aromatic N) is 4. The molecule has 4 rings (SSSR count). The van der Waals surface area contributed by atoms with Crippen molar-refractivity contribution in [2.75, 3.05) is 0 Å². The lowest BCUT2D eigenvalue weighted by Crippen LogP contribution is -1.94. The van der Waals surface area contributed by atoms with Gasteiger partial charge in [0.05, 0.1) is 22.6 Å². The molecule has 3 aromatic carbocycles. The van der Waals surface area contributed by atoms with Crippen LogP contribution in [0.5, 0.6) is 0 Å². The molecular weight excluding hydrogens is 363 g/mol. The van der Waals surface area contributed by atoms with Gasteiger partial charge in [-0.3, -0.25) is 0 Å². The first-order valence-corrected chi connectivity index (χ1v) is 8.98. The van der Waals surface area contributed by atoms with Gasteiger partial charge in [0, 0.05) is 11.1 Å². The summed E-state index contributed by atoms with van der Waals surface area (Å²) < 4.78 is 13.4. The molecule has 4 aromatic rings.